The van der Waals surface area contributed by atoms with E-state index in [1.165, 1.54) is 33.4 Å². The highest BCUT2D eigenvalue weighted by Gasteiger charge is 2.23. The molecule has 0 aromatic heterocycles. The molecular weight excluding hydrogens is 308 g/mol. The standard InChI is InChI=1S/C22H26N2O/c1-14-10-16(25-13-22(3,4)12-23)11-15(2)21(14)19-7-5-6-18-17(19)8-9-20(18)24/h5-7,10-11,20H,8-9,13,24H2,1-4H3/t20-/m1/s1. The molecule has 2 aromatic carbocycles. The lowest BCUT2D eigenvalue weighted by molar-refractivity contribution is 0.227. The summed E-state index contributed by atoms with van der Waals surface area (Å²) in [5.74, 6) is 0.825. The van der Waals surface area contributed by atoms with E-state index in [4.69, 9.17) is 15.7 Å². The Morgan fingerprint density at radius 2 is 1.92 bits per heavy atom. The molecule has 0 unspecified atom stereocenters. The zero-order valence-electron chi connectivity index (χ0n) is 15.5. The molecule has 1 aliphatic rings. The fraction of sp³-hybridized carbons (Fsp3) is 0.409. The van der Waals surface area contributed by atoms with Crippen LogP contribution in [0.1, 0.15) is 48.6 Å². The molecule has 0 saturated heterocycles. The summed E-state index contributed by atoms with van der Waals surface area (Å²) in [6, 6.07) is 13.0. The first kappa shape index (κ1) is 17.5. The summed E-state index contributed by atoms with van der Waals surface area (Å²) in [6.45, 7) is 8.41. The lowest BCUT2D eigenvalue weighted by atomic mass is 9.90. The van der Waals surface area contributed by atoms with Gasteiger partial charge in [-0.3, -0.25) is 0 Å². The molecule has 1 atom stereocenters. The van der Waals surface area contributed by atoms with Crippen molar-refractivity contribution in [2.45, 2.75) is 46.6 Å². The smallest absolute Gasteiger partial charge is 0.119 e. The Morgan fingerprint density at radius 3 is 2.56 bits per heavy atom. The Labute approximate surface area is 150 Å². The van der Waals surface area contributed by atoms with Gasteiger partial charge in [-0.25, -0.2) is 0 Å². The van der Waals surface area contributed by atoms with Crippen molar-refractivity contribution in [2.24, 2.45) is 11.1 Å². The Balaban J connectivity index is 1.96. The maximum atomic E-state index is 9.14. The maximum absolute atomic E-state index is 9.14. The van der Waals surface area contributed by atoms with Crippen LogP contribution in [0.3, 0.4) is 0 Å². The minimum absolute atomic E-state index is 0.159. The third kappa shape index (κ3) is 3.41. The molecule has 2 N–H and O–H groups in total. The number of ether oxygens (including phenoxy) is 1. The minimum atomic E-state index is -0.489. The number of rotatable bonds is 4. The predicted octanol–water partition coefficient (Wildman–Crippen LogP) is 4.85. The van der Waals surface area contributed by atoms with E-state index in [9.17, 15) is 0 Å². The Morgan fingerprint density at radius 1 is 1.24 bits per heavy atom. The zero-order valence-corrected chi connectivity index (χ0v) is 15.5. The van der Waals surface area contributed by atoms with Gasteiger partial charge >= 0.3 is 0 Å². The Bertz CT molecular complexity index is 823. The molecule has 3 heteroatoms. The van der Waals surface area contributed by atoms with Crippen LogP contribution in [0, 0.1) is 30.6 Å². The van der Waals surface area contributed by atoms with Gasteiger partial charge in [0, 0.05) is 6.04 Å². The van der Waals surface area contributed by atoms with Crippen molar-refractivity contribution < 1.29 is 4.74 Å². The summed E-state index contributed by atoms with van der Waals surface area (Å²) in [7, 11) is 0. The van der Waals surface area contributed by atoms with Crippen LogP contribution >= 0.6 is 0 Å². The first-order chi connectivity index (χ1) is 11.8. The molecule has 2 aromatic rings. The van der Waals surface area contributed by atoms with Crippen molar-refractivity contribution in [1.29, 1.82) is 5.26 Å². The largest absolute Gasteiger partial charge is 0.492 e. The summed E-state index contributed by atoms with van der Waals surface area (Å²) < 4.78 is 5.88. The molecule has 0 bridgehead atoms. The molecular formula is C22H26N2O. The van der Waals surface area contributed by atoms with E-state index in [0.717, 1.165) is 18.6 Å². The first-order valence-corrected chi connectivity index (χ1v) is 8.85. The van der Waals surface area contributed by atoms with E-state index in [0.29, 0.717) is 6.61 Å². The molecule has 0 aliphatic heterocycles. The Hall–Kier alpha value is -2.31. The number of hydrogen-bond acceptors (Lipinski definition) is 3. The lowest BCUT2D eigenvalue weighted by Gasteiger charge is -2.19. The molecule has 3 rings (SSSR count). The second-order valence-electron chi connectivity index (χ2n) is 7.73. The molecule has 3 nitrogen and oxygen atoms in total. The summed E-state index contributed by atoms with van der Waals surface area (Å²) in [4.78, 5) is 0. The quantitative estimate of drug-likeness (QED) is 0.870. The molecule has 0 radical (unpaired) electrons. The van der Waals surface area contributed by atoms with Gasteiger partial charge in [-0.05, 0) is 86.1 Å². The van der Waals surface area contributed by atoms with Crippen LogP contribution in [-0.4, -0.2) is 6.61 Å². The number of hydrogen-bond donors (Lipinski definition) is 1. The van der Waals surface area contributed by atoms with E-state index >= 15 is 0 Å². The van der Waals surface area contributed by atoms with Crippen molar-refractivity contribution in [3.05, 3.63) is 52.6 Å². The van der Waals surface area contributed by atoms with E-state index in [-0.39, 0.29) is 6.04 Å². The number of nitriles is 1. The van der Waals surface area contributed by atoms with Crippen LogP contribution in [0.4, 0.5) is 0 Å². The molecule has 1 aliphatic carbocycles. The maximum Gasteiger partial charge on any atom is 0.119 e. The minimum Gasteiger partial charge on any atom is -0.492 e. The molecule has 0 amide bonds. The number of benzene rings is 2. The van der Waals surface area contributed by atoms with Crippen molar-refractivity contribution in [2.75, 3.05) is 6.61 Å². The van der Waals surface area contributed by atoms with Gasteiger partial charge in [0.2, 0.25) is 0 Å². The lowest BCUT2D eigenvalue weighted by Crippen LogP contribution is -2.19. The fourth-order valence-electron chi connectivity index (χ4n) is 3.65. The topological polar surface area (TPSA) is 59.0 Å². The monoisotopic (exact) mass is 334 g/mol. The van der Waals surface area contributed by atoms with Gasteiger partial charge in [0.05, 0.1) is 11.5 Å². The summed E-state index contributed by atoms with van der Waals surface area (Å²) in [5, 5.41) is 9.14. The highest BCUT2D eigenvalue weighted by molar-refractivity contribution is 5.76. The third-order valence-corrected chi connectivity index (χ3v) is 4.99. The highest BCUT2D eigenvalue weighted by Crippen LogP contribution is 2.40. The van der Waals surface area contributed by atoms with E-state index in [1.54, 1.807) is 0 Å². The van der Waals surface area contributed by atoms with E-state index < -0.39 is 5.41 Å². The second-order valence-corrected chi connectivity index (χ2v) is 7.73. The van der Waals surface area contributed by atoms with Gasteiger partial charge in [0.15, 0.2) is 0 Å². The first-order valence-electron chi connectivity index (χ1n) is 8.85. The average molecular weight is 334 g/mol. The van der Waals surface area contributed by atoms with Gasteiger partial charge in [-0.1, -0.05) is 18.2 Å². The second kappa shape index (κ2) is 6.54. The molecule has 130 valence electrons. The number of aryl methyl sites for hydroxylation is 2. The summed E-state index contributed by atoms with van der Waals surface area (Å²) >= 11 is 0. The highest BCUT2D eigenvalue weighted by atomic mass is 16.5. The Kier molecular flexibility index (Phi) is 4.58. The van der Waals surface area contributed by atoms with Crippen molar-refractivity contribution in [1.82, 2.24) is 0 Å². The SMILES string of the molecule is Cc1cc(OCC(C)(C)C#N)cc(C)c1-c1cccc2c1CC[C@H]2N. The van der Waals surface area contributed by atoms with Crippen molar-refractivity contribution >= 4 is 0 Å². The van der Waals surface area contributed by atoms with Gasteiger partial charge in [0.25, 0.3) is 0 Å². The molecule has 0 fully saturated rings. The van der Waals surface area contributed by atoms with Crippen LogP contribution in [-0.2, 0) is 6.42 Å². The van der Waals surface area contributed by atoms with Gasteiger partial charge in [-0.2, -0.15) is 5.26 Å². The van der Waals surface area contributed by atoms with Gasteiger partial charge in [-0.15, -0.1) is 0 Å². The molecule has 0 saturated carbocycles. The number of nitrogens with two attached hydrogens (primary N) is 1. The van der Waals surface area contributed by atoms with Crippen LogP contribution in [0.2, 0.25) is 0 Å². The number of fused-ring (bicyclic) bond motifs is 1. The van der Waals surface area contributed by atoms with Crippen LogP contribution < -0.4 is 10.5 Å². The summed E-state index contributed by atoms with van der Waals surface area (Å²) in [5.41, 5.74) is 13.4. The number of nitrogens with zero attached hydrogens (tertiary/aromatic N) is 1. The predicted molar refractivity (Wildman–Crippen MR) is 101 cm³/mol. The van der Waals surface area contributed by atoms with Crippen molar-refractivity contribution in [3.8, 4) is 22.9 Å². The van der Waals surface area contributed by atoms with Crippen molar-refractivity contribution in [3.63, 3.8) is 0 Å². The fourth-order valence-corrected chi connectivity index (χ4v) is 3.65. The molecule has 25 heavy (non-hydrogen) atoms. The van der Waals surface area contributed by atoms with Gasteiger partial charge in [0.1, 0.15) is 12.4 Å². The normalized spacial score (nSPS) is 16.4. The third-order valence-electron chi connectivity index (χ3n) is 4.99. The van der Waals surface area contributed by atoms with Crippen LogP contribution in [0.25, 0.3) is 11.1 Å². The summed E-state index contributed by atoms with van der Waals surface area (Å²) in [6.07, 6.45) is 2.06. The van der Waals surface area contributed by atoms with Crippen LogP contribution in [0.15, 0.2) is 30.3 Å². The van der Waals surface area contributed by atoms with Crippen LogP contribution in [0.5, 0.6) is 5.75 Å². The zero-order chi connectivity index (χ0) is 18.2. The average Bonchev–Trinajstić information content (AvgIpc) is 2.95. The van der Waals surface area contributed by atoms with Gasteiger partial charge < -0.3 is 10.5 Å². The molecule has 0 spiro atoms. The van der Waals surface area contributed by atoms with E-state index in [1.807, 2.05) is 13.8 Å². The molecule has 0 heterocycles. The van der Waals surface area contributed by atoms with E-state index in [2.05, 4.69) is 50.2 Å².